The van der Waals surface area contributed by atoms with Crippen LogP contribution in [0.3, 0.4) is 0 Å². The summed E-state index contributed by atoms with van der Waals surface area (Å²) in [5.41, 5.74) is 4.20. The highest BCUT2D eigenvalue weighted by atomic mass is 16.5. The van der Waals surface area contributed by atoms with E-state index in [1.54, 1.807) is 0 Å². The van der Waals surface area contributed by atoms with Crippen LogP contribution < -0.4 is 15.5 Å². The minimum Gasteiger partial charge on any atom is -0.378 e. The highest BCUT2D eigenvalue weighted by molar-refractivity contribution is 5.96. The van der Waals surface area contributed by atoms with Crippen LogP contribution in [0.15, 0.2) is 48.5 Å². The lowest BCUT2D eigenvalue weighted by Crippen LogP contribution is -2.36. The fourth-order valence-corrected chi connectivity index (χ4v) is 3.11. The van der Waals surface area contributed by atoms with Crippen LogP contribution in [0.2, 0.25) is 0 Å². The molecule has 1 aliphatic rings. The maximum Gasteiger partial charge on any atom is 0.246 e. The van der Waals surface area contributed by atoms with Crippen LogP contribution >= 0.6 is 0 Å². The number of rotatable bonds is 6. The van der Waals surface area contributed by atoms with Gasteiger partial charge in [0.1, 0.15) is 6.04 Å². The predicted octanol–water partition coefficient (Wildman–Crippen LogP) is 4.09. The normalized spacial score (nSPS) is 15.5. The SMILES string of the molecule is CC(C)c1ccc(N[C@H](C)C(=O)Nc2ccc(N3CCOCC3)cc2)cc1. The molecule has 0 spiro atoms. The van der Waals surface area contributed by atoms with Crippen LogP contribution in [-0.4, -0.2) is 38.3 Å². The second-order valence-corrected chi connectivity index (χ2v) is 7.28. The lowest BCUT2D eigenvalue weighted by atomic mass is 10.0. The molecule has 0 aliphatic carbocycles. The van der Waals surface area contributed by atoms with E-state index in [0.717, 1.165) is 43.4 Å². The molecule has 1 atom stereocenters. The first-order valence-corrected chi connectivity index (χ1v) is 9.63. The number of morpholine rings is 1. The number of carbonyl (C=O) groups excluding carboxylic acids is 1. The first kappa shape index (κ1) is 19.2. The van der Waals surface area contributed by atoms with Gasteiger partial charge in [0.15, 0.2) is 0 Å². The summed E-state index contributed by atoms with van der Waals surface area (Å²) in [4.78, 5) is 14.8. The van der Waals surface area contributed by atoms with Gasteiger partial charge < -0.3 is 20.3 Å². The molecule has 1 aliphatic heterocycles. The summed E-state index contributed by atoms with van der Waals surface area (Å²) < 4.78 is 5.39. The van der Waals surface area contributed by atoms with Crippen molar-refractivity contribution in [1.29, 1.82) is 0 Å². The first-order chi connectivity index (χ1) is 13.0. The molecule has 2 aromatic carbocycles. The van der Waals surface area contributed by atoms with Crippen molar-refractivity contribution in [1.82, 2.24) is 0 Å². The topological polar surface area (TPSA) is 53.6 Å². The lowest BCUT2D eigenvalue weighted by Gasteiger charge is -2.29. The maximum absolute atomic E-state index is 12.5. The Morgan fingerprint density at radius 3 is 2.11 bits per heavy atom. The van der Waals surface area contributed by atoms with Gasteiger partial charge in [-0.3, -0.25) is 4.79 Å². The van der Waals surface area contributed by atoms with Gasteiger partial charge in [-0.1, -0.05) is 26.0 Å². The van der Waals surface area contributed by atoms with E-state index in [-0.39, 0.29) is 11.9 Å². The third-order valence-corrected chi connectivity index (χ3v) is 4.86. The number of nitrogens with zero attached hydrogens (tertiary/aromatic N) is 1. The van der Waals surface area contributed by atoms with Crippen molar-refractivity contribution in [2.45, 2.75) is 32.7 Å². The molecule has 0 aromatic heterocycles. The molecule has 2 N–H and O–H groups in total. The molecule has 5 nitrogen and oxygen atoms in total. The zero-order valence-corrected chi connectivity index (χ0v) is 16.4. The van der Waals surface area contributed by atoms with Gasteiger partial charge in [0.05, 0.1) is 13.2 Å². The monoisotopic (exact) mass is 367 g/mol. The smallest absolute Gasteiger partial charge is 0.246 e. The van der Waals surface area contributed by atoms with E-state index in [9.17, 15) is 4.79 Å². The Hall–Kier alpha value is -2.53. The highest BCUT2D eigenvalue weighted by Crippen LogP contribution is 2.20. The zero-order chi connectivity index (χ0) is 19.2. The molecule has 27 heavy (non-hydrogen) atoms. The van der Waals surface area contributed by atoms with E-state index in [1.165, 1.54) is 5.56 Å². The van der Waals surface area contributed by atoms with E-state index in [2.05, 4.69) is 41.5 Å². The number of ether oxygens (including phenoxy) is 1. The second-order valence-electron chi connectivity index (χ2n) is 7.28. The minimum atomic E-state index is -0.325. The Labute approximate surface area is 161 Å². The summed E-state index contributed by atoms with van der Waals surface area (Å²) in [7, 11) is 0. The molecule has 0 radical (unpaired) electrons. The average Bonchev–Trinajstić information content (AvgIpc) is 2.69. The van der Waals surface area contributed by atoms with Gasteiger partial charge in [-0.05, 0) is 54.8 Å². The molecule has 1 amide bonds. The third-order valence-electron chi connectivity index (χ3n) is 4.86. The summed E-state index contributed by atoms with van der Waals surface area (Å²) in [6.07, 6.45) is 0. The quantitative estimate of drug-likeness (QED) is 0.808. The fourth-order valence-electron chi connectivity index (χ4n) is 3.11. The molecule has 1 saturated heterocycles. The van der Waals surface area contributed by atoms with Crippen molar-refractivity contribution in [3.8, 4) is 0 Å². The van der Waals surface area contributed by atoms with E-state index < -0.39 is 0 Å². The molecule has 0 saturated carbocycles. The Balaban J connectivity index is 1.54. The molecule has 2 aromatic rings. The summed E-state index contributed by atoms with van der Waals surface area (Å²) in [6, 6.07) is 15.9. The molecule has 144 valence electrons. The van der Waals surface area contributed by atoms with Crippen LogP contribution in [0.4, 0.5) is 17.1 Å². The van der Waals surface area contributed by atoms with E-state index in [1.807, 2.05) is 43.3 Å². The van der Waals surface area contributed by atoms with Crippen LogP contribution in [0.25, 0.3) is 0 Å². The van der Waals surface area contributed by atoms with Crippen LogP contribution in [0.5, 0.6) is 0 Å². The predicted molar refractivity (Wildman–Crippen MR) is 112 cm³/mol. The van der Waals surface area contributed by atoms with Crippen molar-refractivity contribution in [2.24, 2.45) is 0 Å². The van der Waals surface area contributed by atoms with Gasteiger partial charge in [-0.2, -0.15) is 0 Å². The second kappa shape index (κ2) is 8.91. The van der Waals surface area contributed by atoms with Gasteiger partial charge in [0.25, 0.3) is 0 Å². The number of benzene rings is 2. The van der Waals surface area contributed by atoms with Crippen molar-refractivity contribution in [3.63, 3.8) is 0 Å². The minimum absolute atomic E-state index is 0.0536. The highest BCUT2D eigenvalue weighted by Gasteiger charge is 2.14. The Kier molecular flexibility index (Phi) is 6.35. The van der Waals surface area contributed by atoms with E-state index in [0.29, 0.717) is 5.92 Å². The molecule has 0 bridgehead atoms. The number of hydrogen-bond acceptors (Lipinski definition) is 4. The van der Waals surface area contributed by atoms with Gasteiger partial charge in [0, 0.05) is 30.2 Å². The van der Waals surface area contributed by atoms with Gasteiger partial charge in [-0.25, -0.2) is 0 Å². The molecule has 0 unspecified atom stereocenters. The zero-order valence-electron chi connectivity index (χ0n) is 16.4. The molecular weight excluding hydrogens is 338 g/mol. The van der Waals surface area contributed by atoms with Crippen molar-refractivity contribution in [3.05, 3.63) is 54.1 Å². The molecule has 5 heteroatoms. The average molecular weight is 367 g/mol. The molecule has 1 fully saturated rings. The number of hydrogen-bond donors (Lipinski definition) is 2. The number of nitrogens with one attached hydrogen (secondary N) is 2. The van der Waals surface area contributed by atoms with Crippen LogP contribution in [0, 0.1) is 0 Å². The maximum atomic E-state index is 12.5. The van der Waals surface area contributed by atoms with Crippen LogP contribution in [0.1, 0.15) is 32.3 Å². The summed E-state index contributed by atoms with van der Waals surface area (Å²) >= 11 is 0. The van der Waals surface area contributed by atoms with Gasteiger partial charge in [-0.15, -0.1) is 0 Å². The molecule has 1 heterocycles. The summed E-state index contributed by atoms with van der Waals surface area (Å²) in [5, 5.41) is 6.23. The Bertz CT molecular complexity index is 735. The van der Waals surface area contributed by atoms with E-state index in [4.69, 9.17) is 4.74 Å². The number of amides is 1. The van der Waals surface area contributed by atoms with Crippen LogP contribution in [-0.2, 0) is 9.53 Å². The Morgan fingerprint density at radius 2 is 1.52 bits per heavy atom. The summed E-state index contributed by atoms with van der Waals surface area (Å²) in [6.45, 7) is 9.55. The first-order valence-electron chi connectivity index (χ1n) is 9.63. The Morgan fingerprint density at radius 1 is 0.926 bits per heavy atom. The molecular formula is C22H29N3O2. The van der Waals surface area contributed by atoms with Gasteiger partial charge >= 0.3 is 0 Å². The van der Waals surface area contributed by atoms with Crippen molar-refractivity contribution < 1.29 is 9.53 Å². The van der Waals surface area contributed by atoms with Crippen molar-refractivity contribution >= 4 is 23.0 Å². The van der Waals surface area contributed by atoms with Crippen molar-refractivity contribution in [2.75, 3.05) is 41.8 Å². The van der Waals surface area contributed by atoms with Gasteiger partial charge in [0.2, 0.25) is 5.91 Å². The largest absolute Gasteiger partial charge is 0.378 e. The fraction of sp³-hybridized carbons (Fsp3) is 0.409. The number of anilines is 3. The third kappa shape index (κ3) is 5.23. The summed E-state index contributed by atoms with van der Waals surface area (Å²) in [5.74, 6) is 0.447. The lowest BCUT2D eigenvalue weighted by molar-refractivity contribution is -0.116. The standard InChI is InChI=1S/C22H29N3O2/c1-16(2)18-4-6-19(7-5-18)23-17(3)22(26)24-20-8-10-21(11-9-20)25-12-14-27-15-13-25/h4-11,16-17,23H,12-15H2,1-3H3,(H,24,26)/t17-/m1/s1. The van der Waals surface area contributed by atoms with E-state index >= 15 is 0 Å². The molecule has 3 rings (SSSR count). The number of carbonyl (C=O) groups is 1.